The molecule has 3 amide bonds. The van der Waals surface area contributed by atoms with Crippen molar-refractivity contribution in [2.45, 2.75) is 64.0 Å². The molecule has 0 radical (unpaired) electrons. The SMILES string of the molecule is CC(C)(C)OC(=O)NCC1CCCCN1C(=O)C1CC(=O)Nc2ccccc21. The number of amides is 3. The van der Waals surface area contributed by atoms with E-state index in [1.165, 1.54) is 0 Å². The average molecular weight is 387 g/mol. The molecule has 2 aliphatic heterocycles. The van der Waals surface area contributed by atoms with Crippen LogP contribution >= 0.6 is 0 Å². The Morgan fingerprint density at radius 3 is 2.75 bits per heavy atom. The first-order valence-corrected chi connectivity index (χ1v) is 9.91. The largest absolute Gasteiger partial charge is 0.444 e. The number of carbonyl (C=O) groups is 3. The van der Waals surface area contributed by atoms with Crippen molar-refractivity contribution in [3.63, 3.8) is 0 Å². The van der Waals surface area contributed by atoms with Gasteiger partial charge in [0.25, 0.3) is 0 Å². The molecule has 152 valence electrons. The van der Waals surface area contributed by atoms with Crippen LogP contribution < -0.4 is 10.6 Å². The number of nitrogens with zero attached hydrogens (tertiary/aromatic N) is 1. The fourth-order valence-electron chi connectivity index (χ4n) is 3.85. The number of likely N-dealkylation sites (tertiary alicyclic amines) is 1. The molecule has 1 fully saturated rings. The summed E-state index contributed by atoms with van der Waals surface area (Å²) in [6, 6.07) is 7.36. The van der Waals surface area contributed by atoms with E-state index in [1.54, 1.807) is 0 Å². The second kappa shape index (κ2) is 8.20. The van der Waals surface area contributed by atoms with Gasteiger partial charge in [-0.1, -0.05) is 18.2 Å². The van der Waals surface area contributed by atoms with E-state index in [9.17, 15) is 14.4 Å². The van der Waals surface area contributed by atoms with Gasteiger partial charge in [0.15, 0.2) is 0 Å². The Bertz CT molecular complexity index is 756. The first-order chi connectivity index (χ1) is 13.2. The highest BCUT2D eigenvalue weighted by molar-refractivity contribution is 6.01. The van der Waals surface area contributed by atoms with E-state index >= 15 is 0 Å². The molecule has 2 atom stereocenters. The molecule has 0 spiro atoms. The fraction of sp³-hybridized carbons (Fsp3) is 0.571. The average Bonchev–Trinajstić information content (AvgIpc) is 2.64. The number of ether oxygens (including phenoxy) is 1. The van der Waals surface area contributed by atoms with Gasteiger partial charge < -0.3 is 20.3 Å². The molecule has 7 heteroatoms. The molecule has 2 unspecified atom stereocenters. The summed E-state index contributed by atoms with van der Waals surface area (Å²) in [5.41, 5.74) is 1.000. The lowest BCUT2D eigenvalue weighted by molar-refractivity contribution is -0.138. The lowest BCUT2D eigenvalue weighted by atomic mass is 9.88. The third kappa shape index (κ3) is 4.82. The zero-order chi connectivity index (χ0) is 20.3. The van der Waals surface area contributed by atoms with Gasteiger partial charge in [-0.2, -0.15) is 0 Å². The number of benzene rings is 1. The number of carbonyl (C=O) groups excluding carboxylic acids is 3. The standard InChI is InChI=1S/C21H29N3O4/c1-21(2,3)28-20(27)22-13-14-8-6-7-11-24(14)19(26)16-12-18(25)23-17-10-5-4-9-15(16)17/h4-5,9-10,14,16H,6-8,11-13H2,1-3H3,(H,22,27)(H,23,25). The van der Waals surface area contributed by atoms with Gasteiger partial charge in [0.1, 0.15) is 5.60 Å². The molecule has 2 N–H and O–H groups in total. The highest BCUT2D eigenvalue weighted by Crippen LogP contribution is 2.34. The van der Waals surface area contributed by atoms with Gasteiger partial charge in [-0.3, -0.25) is 9.59 Å². The minimum absolute atomic E-state index is 0.0435. The second-order valence-electron chi connectivity index (χ2n) is 8.46. The van der Waals surface area contributed by atoms with Crippen LogP contribution in [0.1, 0.15) is 57.9 Å². The predicted molar refractivity (Wildman–Crippen MR) is 106 cm³/mol. The Morgan fingerprint density at radius 1 is 1.25 bits per heavy atom. The maximum Gasteiger partial charge on any atom is 0.407 e. The molecule has 28 heavy (non-hydrogen) atoms. The summed E-state index contributed by atoms with van der Waals surface area (Å²) in [7, 11) is 0. The fourth-order valence-corrected chi connectivity index (χ4v) is 3.85. The van der Waals surface area contributed by atoms with Gasteiger partial charge in [0, 0.05) is 31.2 Å². The zero-order valence-corrected chi connectivity index (χ0v) is 16.8. The first kappa shape index (κ1) is 20.2. The van der Waals surface area contributed by atoms with Gasteiger partial charge in [0.05, 0.1) is 5.92 Å². The van der Waals surface area contributed by atoms with Crippen LogP contribution in [0.3, 0.4) is 0 Å². The van der Waals surface area contributed by atoms with E-state index in [2.05, 4.69) is 10.6 Å². The van der Waals surface area contributed by atoms with Crippen molar-refractivity contribution in [2.24, 2.45) is 0 Å². The van der Waals surface area contributed by atoms with Crippen LogP contribution in [0.25, 0.3) is 0 Å². The van der Waals surface area contributed by atoms with Crippen LogP contribution in [-0.2, 0) is 14.3 Å². The van der Waals surface area contributed by atoms with Crippen LogP contribution in [0.4, 0.5) is 10.5 Å². The van der Waals surface area contributed by atoms with Crippen LogP contribution in [0.2, 0.25) is 0 Å². The Hall–Kier alpha value is -2.57. The van der Waals surface area contributed by atoms with Gasteiger partial charge >= 0.3 is 6.09 Å². The summed E-state index contributed by atoms with van der Waals surface area (Å²) in [6.07, 6.45) is 2.43. The quantitative estimate of drug-likeness (QED) is 0.835. The molecule has 0 saturated carbocycles. The molecule has 0 aliphatic carbocycles. The van der Waals surface area contributed by atoms with Gasteiger partial charge in [-0.25, -0.2) is 4.79 Å². The number of hydrogen-bond acceptors (Lipinski definition) is 4. The lowest BCUT2D eigenvalue weighted by Gasteiger charge is -2.39. The van der Waals surface area contributed by atoms with E-state index in [0.717, 1.165) is 24.8 Å². The maximum atomic E-state index is 13.3. The summed E-state index contributed by atoms with van der Waals surface area (Å²) in [5.74, 6) is -0.664. The zero-order valence-electron chi connectivity index (χ0n) is 16.8. The number of nitrogens with one attached hydrogen (secondary N) is 2. The molecule has 1 aromatic carbocycles. The summed E-state index contributed by atoms with van der Waals surface area (Å²) in [4.78, 5) is 39.3. The number of alkyl carbamates (subject to hydrolysis) is 1. The van der Waals surface area contributed by atoms with Crippen molar-refractivity contribution in [2.75, 3.05) is 18.4 Å². The number of hydrogen-bond donors (Lipinski definition) is 2. The van der Waals surface area contributed by atoms with E-state index in [-0.39, 0.29) is 24.3 Å². The predicted octanol–water partition coefficient (Wildman–Crippen LogP) is 3.02. The summed E-state index contributed by atoms with van der Waals surface area (Å²) in [6.45, 7) is 6.43. The summed E-state index contributed by atoms with van der Waals surface area (Å²) < 4.78 is 5.29. The third-order valence-corrected chi connectivity index (χ3v) is 5.09. The molecular formula is C21H29N3O4. The number of fused-ring (bicyclic) bond motifs is 1. The molecule has 7 nitrogen and oxygen atoms in total. The first-order valence-electron chi connectivity index (χ1n) is 9.91. The Labute approximate surface area is 165 Å². The van der Waals surface area contributed by atoms with Crippen molar-refractivity contribution in [3.8, 4) is 0 Å². The van der Waals surface area contributed by atoms with Gasteiger partial charge in [-0.15, -0.1) is 0 Å². The van der Waals surface area contributed by atoms with Crippen molar-refractivity contribution in [3.05, 3.63) is 29.8 Å². The van der Waals surface area contributed by atoms with E-state index in [1.807, 2.05) is 49.9 Å². The Kier molecular flexibility index (Phi) is 5.91. The normalized spacial score (nSPS) is 22.1. The number of rotatable bonds is 3. The highest BCUT2D eigenvalue weighted by Gasteiger charge is 2.36. The van der Waals surface area contributed by atoms with Crippen LogP contribution in [0.15, 0.2) is 24.3 Å². The van der Waals surface area contributed by atoms with Gasteiger partial charge in [-0.05, 0) is 51.7 Å². The highest BCUT2D eigenvalue weighted by atomic mass is 16.6. The monoisotopic (exact) mass is 387 g/mol. The van der Waals surface area contributed by atoms with Crippen molar-refractivity contribution in [1.29, 1.82) is 0 Å². The smallest absolute Gasteiger partial charge is 0.407 e. The Balaban J connectivity index is 1.71. The number of anilines is 1. The third-order valence-electron chi connectivity index (χ3n) is 5.09. The molecule has 3 rings (SSSR count). The molecule has 1 saturated heterocycles. The minimum atomic E-state index is -0.564. The molecular weight excluding hydrogens is 358 g/mol. The number of para-hydroxylation sites is 1. The van der Waals surface area contributed by atoms with Crippen molar-refractivity contribution < 1.29 is 19.1 Å². The van der Waals surface area contributed by atoms with Crippen LogP contribution in [0.5, 0.6) is 0 Å². The summed E-state index contributed by atoms with van der Waals surface area (Å²) in [5, 5.41) is 5.63. The van der Waals surface area contributed by atoms with Gasteiger partial charge in [0.2, 0.25) is 11.8 Å². The molecule has 0 bridgehead atoms. The van der Waals surface area contributed by atoms with E-state index in [0.29, 0.717) is 18.8 Å². The lowest BCUT2D eigenvalue weighted by Crippen LogP contribution is -2.51. The van der Waals surface area contributed by atoms with Crippen molar-refractivity contribution >= 4 is 23.6 Å². The second-order valence-corrected chi connectivity index (χ2v) is 8.46. The molecule has 1 aromatic rings. The van der Waals surface area contributed by atoms with E-state index in [4.69, 9.17) is 4.74 Å². The topological polar surface area (TPSA) is 87.7 Å². The molecule has 2 aliphatic rings. The van der Waals surface area contributed by atoms with Crippen LogP contribution in [-0.4, -0.2) is 47.5 Å². The van der Waals surface area contributed by atoms with Crippen molar-refractivity contribution in [1.82, 2.24) is 10.2 Å². The molecule has 2 heterocycles. The molecule has 0 aromatic heterocycles. The minimum Gasteiger partial charge on any atom is -0.444 e. The summed E-state index contributed by atoms with van der Waals surface area (Å²) >= 11 is 0. The number of piperidine rings is 1. The Morgan fingerprint density at radius 2 is 2.00 bits per heavy atom. The van der Waals surface area contributed by atoms with E-state index < -0.39 is 17.6 Å². The maximum absolute atomic E-state index is 13.3. The van der Waals surface area contributed by atoms with Crippen LogP contribution in [0, 0.1) is 0 Å².